The number of nitriles is 1. The van der Waals surface area contributed by atoms with Crippen LogP contribution in [0.1, 0.15) is 69.7 Å². The number of benzene rings is 2. The van der Waals surface area contributed by atoms with Gasteiger partial charge in [0.1, 0.15) is 18.4 Å². The van der Waals surface area contributed by atoms with Crippen LogP contribution in [-0.4, -0.2) is 54.1 Å². The molecule has 1 amide bonds. The maximum absolute atomic E-state index is 12.9. The van der Waals surface area contributed by atoms with Crippen LogP contribution in [0.2, 0.25) is 0 Å². The zero-order valence-corrected chi connectivity index (χ0v) is 24.2. The molecule has 0 spiro atoms. The summed E-state index contributed by atoms with van der Waals surface area (Å²) in [5, 5.41) is 9.59. The maximum atomic E-state index is 12.9. The van der Waals surface area contributed by atoms with Crippen molar-refractivity contribution >= 4 is 17.8 Å². The third kappa shape index (κ3) is 8.57. The molecule has 2 aromatic carbocycles. The second-order valence-electron chi connectivity index (χ2n) is 11.0. The number of nitrogens with zero attached hydrogens (tertiary/aromatic N) is 2. The molecule has 8 nitrogen and oxygen atoms in total. The van der Waals surface area contributed by atoms with Crippen LogP contribution in [0.3, 0.4) is 0 Å². The zero-order valence-electron chi connectivity index (χ0n) is 24.2. The topological polar surface area (TPSA) is 106 Å². The first-order valence-electron chi connectivity index (χ1n) is 13.9. The fraction of sp³-hybridized carbons (Fsp3) is 0.500. The van der Waals surface area contributed by atoms with Gasteiger partial charge in [-0.25, -0.2) is 0 Å². The second kappa shape index (κ2) is 14.0. The molecule has 1 aliphatic carbocycles. The van der Waals surface area contributed by atoms with E-state index in [2.05, 4.69) is 30.3 Å². The number of carbonyl (C=O) groups is 3. The lowest BCUT2D eigenvalue weighted by atomic mass is 9.87. The van der Waals surface area contributed by atoms with Crippen LogP contribution in [0.15, 0.2) is 42.5 Å². The molecule has 0 heterocycles. The third-order valence-electron chi connectivity index (χ3n) is 7.27. The van der Waals surface area contributed by atoms with E-state index in [4.69, 9.17) is 14.2 Å². The van der Waals surface area contributed by atoms with E-state index in [-0.39, 0.29) is 31.4 Å². The van der Waals surface area contributed by atoms with Crippen molar-refractivity contribution in [1.82, 2.24) is 4.90 Å². The van der Waals surface area contributed by atoms with Gasteiger partial charge in [-0.3, -0.25) is 14.4 Å². The molecule has 8 heteroatoms. The summed E-state index contributed by atoms with van der Waals surface area (Å²) in [6, 6.07) is 15.7. The Morgan fingerprint density at radius 3 is 2.35 bits per heavy atom. The maximum Gasteiger partial charge on any atom is 0.306 e. The molecule has 3 rings (SSSR count). The Morgan fingerprint density at radius 1 is 1.10 bits per heavy atom. The summed E-state index contributed by atoms with van der Waals surface area (Å²) < 4.78 is 16.6. The predicted molar refractivity (Wildman–Crippen MR) is 151 cm³/mol. The highest BCUT2D eigenvalue weighted by Crippen LogP contribution is 2.34. The molecule has 0 saturated carbocycles. The average molecular weight is 549 g/mol. The predicted octanol–water partition coefficient (Wildman–Crippen LogP) is 4.80. The van der Waals surface area contributed by atoms with Crippen molar-refractivity contribution in [2.75, 3.05) is 19.8 Å². The van der Waals surface area contributed by atoms with E-state index in [0.717, 1.165) is 24.8 Å². The molecule has 0 bridgehead atoms. The monoisotopic (exact) mass is 548 g/mol. The van der Waals surface area contributed by atoms with Gasteiger partial charge in [0.15, 0.2) is 6.10 Å². The highest BCUT2D eigenvalue weighted by Gasteiger charge is 2.36. The number of fused-ring (bicyclic) bond motifs is 1. The largest absolute Gasteiger partial charge is 0.488 e. The highest BCUT2D eigenvalue weighted by atomic mass is 16.6. The molecular formula is C32H40N2O6. The van der Waals surface area contributed by atoms with Crippen LogP contribution in [0.5, 0.6) is 5.75 Å². The molecule has 0 radical (unpaired) electrons. The van der Waals surface area contributed by atoms with Crippen molar-refractivity contribution in [3.05, 3.63) is 64.7 Å². The van der Waals surface area contributed by atoms with Gasteiger partial charge in [-0.1, -0.05) is 30.3 Å². The van der Waals surface area contributed by atoms with E-state index in [1.165, 1.54) is 25.0 Å². The molecule has 214 valence electrons. The van der Waals surface area contributed by atoms with Crippen LogP contribution >= 0.6 is 0 Å². The zero-order chi connectivity index (χ0) is 29.3. The molecular weight excluding hydrogens is 508 g/mol. The number of rotatable bonds is 13. The van der Waals surface area contributed by atoms with E-state index in [1.54, 1.807) is 30.0 Å². The van der Waals surface area contributed by atoms with Gasteiger partial charge in [0.05, 0.1) is 18.7 Å². The van der Waals surface area contributed by atoms with Crippen molar-refractivity contribution in [2.24, 2.45) is 5.92 Å². The Morgan fingerprint density at radius 2 is 1.77 bits per heavy atom. The fourth-order valence-electron chi connectivity index (χ4n) is 5.57. The van der Waals surface area contributed by atoms with Gasteiger partial charge in [-0.2, -0.15) is 5.26 Å². The Hall–Kier alpha value is -3.86. The van der Waals surface area contributed by atoms with Gasteiger partial charge in [-0.05, 0) is 81.2 Å². The summed E-state index contributed by atoms with van der Waals surface area (Å²) in [4.78, 5) is 38.4. The van der Waals surface area contributed by atoms with E-state index >= 15 is 0 Å². The number of hydrogen-bond donors (Lipinski definition) is 0. The van der Waals surface area contributed by atoms with Crippen LogP contribution in [-0.2, 0) is 43.1 Å². The number of carbonyl (C=O) groups excluding carboxylic acids is 3. The van der Waals surface area contributed by atoms with Crippen molar-refractivity contribution in [1.29, 1.82) is 5.26 Å². The number of hydrogen-bond acceptors (Lipinski definition) is 7. The molecule has 1 aliphatic rings. The first kappa shape index (κ1) is 30.7. The average Bonchev–Trinajstić information content (AvgIpc) is 3.30. The van der Waals surface area contributed by atoms with Gasteiger partial charge in [0.25, 0.3) is 0 Å². The van der Waals surface area contributed by atoms with Crippen molar-refractivity contribution < 1.29 is 28.6 Å². The molecule has 0 fully saturated rings. The van der Waals surface area contributed by atoms with E-state index < -0.39 is 17.6 Å². The van der Waals surface area contributed by atoms with Gasteiger partial charge in [-0.15, -0.1) is 0 Å². The quantitative estimate of drug-likeness (QED) is 0.331. The molecule has 40 heavy (non-hydrogen) atoms. The first-order valence-corrected chi connectivity index (χ1v) is 13.9. The van der Waals surface area contributed by atoms with E-state index in [0.29, 0.717) is 30.3 Å². The number of aryl methyl sites for hydroxylation is 1. The summed E-state index contributed by atoms with van der Waals surface area (Å²) in [5.41, 5.74) is 3.38. The molecule has 2 aromatic rings. The minimum absolute atomic E-state index is 0.0374. The third-order valence-corrected chi connectivity index (χ3v) is 7.27. The summed E-state index contributed by atoms with van der Waals surface area (Å²) in [6.07, 6.45) is 2.67. The van der Waals surface area contributed by atoms with Crippen LogP contribution < -0.4 is 4.74 Å². The Bertz CT molecular complexity index is 1220. The molecule has 0 N–H and O–H groups in total. The van der Waals surface area contributed by atoms with Crippen LogP contribution in [0.25, 0.3) is 0 Å². The molecule has 1 atom stereocenters. The molecule has 0 saturated heterocycles. The van der Waals surface area contributed by atoms with Gasteiger partial charge >= 0.3 is 11.9 Å². The fourth-order valence-corrected chi connectivity index (χ4v) is 5.57. The Balaban J connectivity index is 1.70. The summed E-state index contributed by atoms with van der Waals surface area (Å²) in [5.74, 6) is -0.148. The highest BCUT2D eigenvalue weighted by molar-refractivity contribution is 5.74. The lowest BCUT2D eigenvalue weighted by Gasteiger charge is -2.41. The number of ether oxygens (including phenoxy) is 3. The summed E-state index contributed by atoms with van der Waals surface area (Å²) in [6.45, 7) is 9.14. The van der Waals surface area contributed by atoms with Gasteiger partial charge < -0.3 is 19.1 Å². The number of amides is 1. The standard InChI is InChI=1S/C32H40N2O6/c1-6-38-31(37)14-12-24-11-13-28(19-33)30(17-24)39-21-29(40-23(3)36)20-34(22(2)35)32(4,5)18-25-15-26-9-7-8-10-27(26)16-25/h7-11,13,17,25,29H,6,12,14-16,18,20-21H2,1-5H3/t29-/m0/s1. The van der Waals surface area contributed by atoms with Crippen LogP contribution in [0, 0.1) is 17.2 Å². The van der Waals surface area contributed by atoms with Gasteiger partial charge in [0, 0.05) is 25.8 Å². The molecule has 0 unspecified atom stereocenters. The second-order valence-corrected chi connectivity index (χ2v) is 11.0. The Labute approximate surface area is 237 Å². The van der Waals surface area contributed by atoms with Gasteiger partial charge in [0.2, 0.25) is 5.91 Å². The summed E-state index contributed by atoms with van der Waals surface area (Å²) >= 11 is 0. The minimum atomic E-state index is -0.740. The van der Waals surface area contributed by atoms with E-state index in [1.807, 2.05) is 13.8 Å². The summed E-state index contributed by atoms with van der Waals surface area (Å²) in [7, 11) is 0. The SMILES string of the molecule is CCOC(=O)CCc1ccc(C#N)c(OC[C@H](CN(C(C)=O)C(C)(C)CC2Cc3ccccc3C2)OC(C)=O)c1. The molecule has 0 aromatic heterocycles. The minimum Gasteiger partial charge on any atom is -0.488 e. The Kier molecular flexibility index (Phi) is 10.7. The number of esters is 2. The van der Waals surface area contributed by atoms with E-state index in [9.17, 15) is 19.6 Å². The normalized spacial score (nSPS) is 13.6. The lowest BCUT2D eigenvalue weighted by Crippen LogP contribution is -2.52. The lowest BCUT2D eigenvalue weighted by molar-refractivity contribution is -0.153. The van der Waals surface area contributed by atoms with Crippen LogP contribution in [0.4, 0.5) is 0 Å². The first-order chi connectivity index (χ1) is 19.0. The molecule has 0 aliphatic heterocycles. The van der Waals surface area contributed by atoms with Crippen molar-refractivity contribution in [2.45, 2.75) is 78.4 Å². The van der Waals surface area contributed by atoms with Crippen molar-refractivity contribution in [3.63, 3.8) is 0 Å². The smallest absolute Gasteiger partial charge is 0.306 e. The van der Waals surface area contributed by atoms with Crippen molar-refractivity contribution in [3.8, 4) is 11.8 Å².